The van der Waals surface area contributed by atoms with E-state index in [1.807, 2.05) is 65.0 Å². The van der Waals surface area contributed by atoms with Crippen LogP contribution in [0.3, 0.4) is 0 Å². The van der Waals surface area contributed by atoms with Gasteiger partial charge in [0.2, 0.25) is 5.91 Å². The standard InChI is InChI=1S/C21H25NO3/c1-12-13(2)17-18(14(3)16(12)19(22)23)25-20(4,5)21(17,24)11-15-9-7-6-8-10-15/h6-10,24H,11H2,1-5H3,(H2,22,23). The molecule has 25 heavy (non-hydrogen) atoms. The monoisotopic (exact) mass is 339 g/mol. The third-order valence-electron chi connectivity index (χ3n) is 5.57. The van der Waals surface area contributed by atoms with Gasteiger partial charge in [0.05, 0.1) is 0 Å². The second kappa shape index (κ2) is 5.60. The zero-order chi connectivity index (χ0) is 18.6. The van der Waals surface area contributed by atoms with Gasteiger partial charge in [0.1, 0.15) is 17.0 Å². The van der Waals surface area contributed by atoms with Crippen LogP contribution < -0.4 is 10.5 Å². The number of hydrogen-bond donors (Lipinski definition) is 2. The number of amides is 1. The van der Waals surface area contributed by atoms with Crippen LogP contribution in [0.15, 0.2) is 30.3 Å². The number of hydrogen-bond acceptors (Lipinski definition) is 3. The zero-order valence-electron chi connectivity index (χ0n) is 15.4. The molecule has 0 bridgehead atoms. The van der Waals surface area contributed by atoms with Gasteiger partial charge in [-0.25, -0.2) is 0 Å². The van der Waals surface area contributed by atoms with Gasteiger partial charge in [-0.05, 0) is 51.3 Å². The molecule has 2 aromatic carbocycles. The van der Waals surface area contributed by atoms with Crippen molar-refractivity contribution in [1.82, 2.24) is 0 Å². The average Bonchev–Trinajstić information content (AvgIpc) is 2.73. The molecule has 0 aliphatic carbocycles. The molecule has 132 valence electrons. The normalized spacial score (nSPS) is 20.9. The van der Waals surface area contributed by atoms with Crippen LogP contribution in [-0.4, -0.2) is 16.6 Å². The highest BCUT2D eigenvalue weighted by Gasteiger charge is 2.55. The topological polar surface area (TPSA) is 72.6 Å². The Morgan fingerprint density at radius 1 is 1.08 bits per heavy atom. The fourth-order valence-electron chi connectivity index (χ4n) is 3.96. The van der Waals surface area contributed by atoms with Crippen molar-refractivity contribution in [3.8, 4) is 5.75 Å². The van der Waals surface area contributed by atoms with Crippen LogP contribution in [0, 0.1) is 20.8 Å². The second-order valence-corrected chi connectivity index (χ2v) is 7.45. The molecule has 4 nitrogen and oxygen atoms in total. The molecule has 0 saturated heterocycles. The molecule has 1 atom stereocenters. The Kier molecular flexibility index (Phi) is 3.92. The van der Waals surface area contributed by atoms with Gasteiger partial charge in [-0.1, -0.05) is 30.3 Å². The summed E-state index contributed by atoms with van der Waals surface area (Å²) in [6.45, 7) is 9.38. The third-order valence-corrected chi connectivity index (χ3v) is 5.57. The van der Waals surface area contributed by atoms with Crippen LogP contribution >= 0.6 is 0 Å². The van der Waals surface area contributed by atoms with E-state index in [0.717, 1.165) is 22.3 Å². The van der Waals surface area contributed by atoms with E-state index in [2.05, 4.69) is 0 Å². The lowest BCUT2D eigenvalue weighted by atomic mass is 9.74. The highest BCUT2D eigenvalue weighted by Crippen LogP contribution is 2.53. The maximum absolute atomic E-state index is 11.9. The predicted octanol–water partition coefficient (Wildman–Crippen LogP) is 3.31. The fourth-order valence-corrected chi connectivity index (χ4v) is 3.96. The van der Waals surface area contributed by atoms with Gasteiger partial charge in [0.25, 0.3) is 0 Å². The Hall–Kier alpha value is -2.33. The Balaban J connectivity index is 2.26. The summed E-state index contributed by atoms with van der Waals surface area (Å²) in [4.78, 5) is 11.9. The summed E-state index contributed by atoms with van der Waals surface area (Å²) in [5.41, 5.74) is 8.19. The molecule has 0 saturated carbocycles. The van der Waals surface area contributed by atoms with Crippen LogP contribution in [-0.2, 0) is 12.0 Å². The highest BCUT2D eigenvalue weighted by molar-refractivity contribution is 5.97. The van der Waals surface area contributed by atoms with Crippen molar-refractivity contribution in [1.29, 1.82) is 0 Å². The molecule has 1 aliphatic rings. The van der Waals surface area contributed by atoms with Gasteiger partial charge in [0, 0.05) is 23.1 Å². The predicted molar refractivity (Wildman–Crippen MR) is 97.9 cm³/mol. The molecular formula is C21H25NO3. The highest BCUT2D eigenvalue weighted by atomic mass is 16.5. The maximum Gasteiger partial charge on any atom is 0.249 e. The number of primary amides is 1. The molecule has 4 heteroatoms. The first-order chi connectivity index (χ1) is 11.6. The number of nitrogens with two attached hydrogens (primary N) is 1. The van der Waals surface area contributed by atoms with Gasteiger partial charge in [-0.2, -0.15) is 0 Å². The Bertz CT molecular complexity index is 855. The number of ether oxygens (including phenoxy) is 1. The van der Waals surface area contributed by atoms with Crippen LogP contribution in [0.2, 0.25) is 0 Å². The summed E-state index contributed by atoms with van der Waals surface area (Å²) in [6, 6.07) is 9.87. The molecule has 3 N–H and O–H groups in total. The number of carbonyl (C=O) groups is 1. The Labute approximate surface area is 148 Å². The van der Waals surface area contributed by atoms with E-state index in [1.54, 1.807) is 0 Å². The van der Waals surface area contributed by atoms with E-state index in [-0.39, 0.29) is 0 Å². The van der Waals surface area contributed by atoms with Crippen LogP contribution in [0.1, 0.15) is 52.0 Å². The van der Waals surface area contributed by atoms with Gasteiger partial charge < -0.3 is 15.6 Å². The number of rotatable bonds is 3. The molecule has 0 aromatic heterocycles. The van der Waals surface area contributed by atoms with E-state index in [1.165, 1.54) is 0 Å². The molecule has 0 radical (unpaired) electrons. The van der Waals surface area contributed by atoms with Crippen LogP contribution in [0.5, 0.6) is 5.75 Å². The van der Waals surface area contributed by atoms with Crippen molar-refractivity contribution in [3.05, 3.63) is 63.7 Å². The summed E-state index contributed by atoms with van der Waals surface area (Å²) in [7, 11) is 0. The van der Waals surface area contributed by atoms with Crippen molar-refractivity contribution < 1.29 is 14.6 Å². The number of carbonyl (C=O) groups excluding carboxylic acids is 1. The molecule has 1 amide bonds. The largest absolute Gasteiger partial charge is 0.484 e. The van der Waals surface area contributed by atoms with E-state index < -0.39 is 17.1 Å². The average molecular weight is 339 g/mol. The lowest BCUT2D eigenvalue weighted by Gasteiger charge is -2.36. The number of fused-ring (bicyclic) bond motifs is 1. The molecule has 0 spiro atoms. The van der Waals surface area contributed by atoms with Crippen molar-refractivity contribution in [2.75, 3.05) is 0 Å². The van der Waals surface area contributed by atoms with Gasteiger partial charge in [-0.15, -0.1) is 0 Å². The zero-order valence-corrected chi connectivity index (χ0v) is 15.4. The number of benzene rings is 2. The van der Waals surface area contributed by atoms with Crippen molar-refractivity contribution in [3.63, 3.8) is 0 Å². The SMILES string of the molecule is Cc1c(C)c2c(c(C)c1C(N)=O)OC(C)(C)C2(O)Cc1ccccc1. The maximum atomic E-state index is 11.9. The van der Waals surface area contributed by atoms with Crippen LogP contribution in [0.4, 0.5) is 0 Å². The van der Waals surface area contributed by atoms with Gasteiger partial charge in [0.15, 0.2) is 0 Å². The van der Waals surface area contributed by atoms with Gasteiger partial charge >= 0.3 is 0 Å². The van der Waals surface area contributed by atoms with E-state index in [4.69, 9.17) is 10.5 Å². The van der Waals surface area contributed by atoms with Gasteiger partial charge in [-0.3, -0.25) is 4.79 Å². The minimum Gasteiger partial charge on any atom is -0.484 e. The minimum atomic E-state index is -1.19. The summed E-state index contributed by atoms with van der Waals surface area (Å²) < 4.78 is 6.18. The third kappa shape index (κ3) is 2.44. The fraction of sp³-hybridized carbons (Fsp3) is 0.381. The molecular weight excluding hydrogens is 314 g/mol. The molecule has 2 aromatic rings. The first-order valence-electron chi connectivity index (χ1n) is 8.49. The molecule has 3 rings (SSSR count). The van der Waals surface area contributed by atoms with E-state index in [0.29, 0.717) is 23.3 Å². The lowest BCUT2D eigenvalue weighted by Crippen LogP contribution is -2.48. The molecule has 1 aliphatic heterocycles. The quantitative estimate of drug-likeness (QED) is 0.901. The van der Waals surface area contributed by atoms with E-state index in [9.17, 15) is 9.90 Å². The minimum absolute atomic E-state index is 0.434. The van der Waals surface area contributed by atoms with Crippen molar-refractivity contribution >= 4 is 5.91 Å². The molecule has 1 unspecified atom stereocenters. The van der Waals surface area contributed by atoms with E-state index >= 15 is 0 Å². The number of aliphatic hydroxyl groups is 1. The summed E-state index contributed by atoms with van der Waals surface area (Å²) >= 11 is 0. The molecule has 1 heterocycles. The first kappa shape index (κ1) is 17.5. The second-order valence-electron chi connectivity index (χ2n) is 7.45. The summed E-state index contributed by atoms with van der Waals surface area (Å²) in [6.07, 6.45) is 0.434. The van der Waals surface area contributed by atoms with Crippen molar-refractivity contribution in [2.24, 2.45) is 5.73 Å². The summed E-state index contributed by atoms with van der Waals surface area (Å²) in [5.74, 6) is 0.112. The van der Waals surface area contributed by atoms with Crippen LogP contribution in [0.25, 0.3) is 0 Å². The molecule has 0 fully saturated rings. The lowest BCUT2D eigenvalue weighted by molar-refractivity contribution is -0.0941. The first-order valence-corrected chi connectivity index (χ1v) is 8.49. The van der Waals surface area contributed by atoms with Crippen molar-refractivity contribution in [2.45, 2.75) is 52.2 Å². The Morgan fingerprint density at radius 3 is 2.24 bits per heavy atom. The Morgan fingerprint density at radius 2 is 1.68 bits per heavy atom. The smallest absolute Gasteiger partial charge is 0.249 e. The summed E-state index contributed by atoms with van der Waals surface area (Å²) in [5, 5.41) is 11.7.